The molecule has 20 heavy (non-hydrogen) atoms. The van der Waals surface area contributed by atoms with E-state index in [0.29, 0.717) is 11.3 Å². The highest BCUT2D eigenvalue weighted by atomic mass is 16.5. The van der Waals surface area contributed by atoms with Gasteiger partial charge in [0.15, 0.2) is 0 Å². The van der Waals surface area contributed by atoms with Gasteiger partial charge in [-0.25, -0.2) is 9.78 Å². The normalized spacial score (nSPS) is 13.9. The molecule has 0 radical (unpaired) electrons. The molecule has 0 saturated carbocycles. The van der Waals surface area contributed by atoms with Crippen LogP contribution in [0.5, 0.6) is 0 Å². The molecule has 6 nitrogen and oxygen atoms in total. The lowest BCUT2D eigenvalue weighted by atomic mass is 10.1. The molecule has 2 aromatic rings. The Morgan fingerprint density at radius 1 is 1.40 bits per heavy atom. The number of esters is 1. The fraction of sp³-hybridized carbons (Fsp3) is 0.286. The smallest absolute Gasteiger partial charge is 0.337 e. The number of rotatable bonds is 2. The number of anilines is 2. The summed E-state index contributed by atoms with van der Waals surface area (Å²) in [6.07, 6.45) is 3.79. The molecule has 1 aliphatic heterocycles. The highest BCUT2D eigenvalue weighted by Gasteiger charge is 2.19. The summed E-state index contributed by atoms with van der Waals surface area (Å²) >= 11 is 0. The number of imidazole rings is 1. The molecule has 2 N–H and O–H groups in total. The zero-order chi connectivity index (χ0) is 14.1. The zero-order valence-electron chi connectivity index (χ0n) is 11.2. The number of nitrogens with two attached hydrogens (primary N) is 1. The van der Waals surface area contributed by atoms with Gasteiger partial charge in [-0.2, -0.15) is 0 Å². The second-order valence-electron chi connectivity index (χ2n) is 4.72. The van der Waals surface area contributed by atoms with E-state index in [9.17, 15) is 4.79 Å². The predicted molar refractivity (Wildman–Crippen MR) is 75.5 cm³/mol. The first kappa shape index (κ1) is 12.5. The molecule has 0 fully saturated rings. The van der Waals surface area contributed by atoms with Gasteiger partial charge in [0.1, 0.15) is 5.82 Å². The molecule has 0 aliphatic carbocycles. The average Bonchev–Trinajstić information content (AvgIpc) is 2.93. The van der Waals surface area contributed by atoms with Gasteiger partial charge in [0.05, 0.1) is 30.6 Å². The van der Waals surface area contributed by atoms with Gasteiger partial charge in [-0.05, 0) is 18.2 Å². The third-order valence-corrected chi connectivity index (χ3v) is 3.53. The Bertz CT molecular complexity index is 650. The number of nitrogens with zero attached hydrogens (tertiary/aromatic N) is 3. The minimum Gasteiger partial charge on any atom is -0.465 e. The average molecular weight is 272 g/mol. The summed E-state index contributed by atoms with van der Waals surface area (Å²) in [6, 6.07) is 5.25. The molecule has 3 rings (SSSR count). The lowest BCUT2D eigenvalue weighted by Gasteiger charge is -2.30. The van der Waals surface area contributed by atoms with E-state index in [1.54, 1.807) is 12.1 Å². The molecule has 0 spiro atoms. The van der Waals surface area contributed by atoms with Crippen LogP contribution in [0.15, 0.2) is 30.6 Å². The van der Waals surface area contributed by atoms with E-state index >= 15 is 0 Å². The Morgan fingerprint density at radius 2 is 2.25 bits per heavy atom. The van der Waals surface area contributed by atoms with Crippen LogP contribution in [0, 0.1) is 0 Å². The Labute approximate surface area is 116 Å². The lowest BCUT2D eigenvalue weighted by molar-refractivity contribution is 0.0601. The lowest BCUT2D eigenvalue weighted by Crippen LogP contribution is -2.34. The third-order valence-electron chi connectivity index (χ3n) is 3.53. The minimum atomic E-state index is -0.377. The Morgan fingerprint density at radius 3 is 3.00 bits per heavy atom. The number of benzene rings is 1. The fourth-order valence-electron chi connectivity index (χ4n) is 2.47. The van der Waals surface area contributed by atoms with Crippen LogP contribution >= 0.6 is 0 Å². The predicted octanol–water partition coefficient (Wildman–Crippen LogP) is 1.27. The van der Waals surface area contributed by atoms with Crippen molar-refractivity contribution in [2.75, 3.05) is 24.3 Å². The molecule has 1 aromatic heterocycles. The highest BCUT2D eigenvalue weighted by Crippen LogP contribution is 2.27. The van der Waals surface area contributed by atoms with E-state index in [0.717, 1.165) is 31.1 Å². The molecule has 1 aliphatic rings. The van der Waals surface area contributed by atoms with Crippen molar-refractivity contribution in [2.45, 2.75) is 13.1 Å². The first-order valence-corrected chi connectivity index (χ1v) is 6.42. The summed E-state index contributed by atoms with van der Waals surface area (Å²) in [5.74, 6) is 0.644. The summed E-state index contributed by atoms with van der Waals surface area (Å²) in [5.41, 5.74) is 8.03. The number of aromatic nitrogens is 2. The standard InChI is InChI=1S/C14H16N4O2/c1-20-14(19)10-2-3-12(11(15)8-10)18-7-6-17-5-4-16-13(17)9-18/h2-5,8H,6-7,9,15H2,1H3. The van der Waals surface area contributed by atoms with Gasteiger partial charge in [-0.15, -0.1) is 0 Å². The van der Waals surface area contributed by atoms with E-state index in [1.807, 2.05) is 18.5 Å². The summed E-state index contributed by atoms with van der Waals surface area (Å²) in [7, 11) is 1.36. The van der Waals surface area contributed by atoms with Crippen molar-refractivity contribution in [1.82, 2.24) is 9.55 Å². The Hall–Kier alpha value is -2.50. The molecule has 6 heteroatoms. The molecular formula is C14H16N4O2. The topological polar surface area (TPSA) is 73.4 Å². The molecular weight excluding hydrogens is 256 g/mol. The van der Waals surface area contributed by atoms with Crippen LogP contribution in [-0.4, -0.2) is 29.2 Å². The second kappa shape index (κ2) is 4.88. The summed E-state index contributed by atoms with van der Waals surface area (Å²) in [5, 5.41) is 0. The van der Waals surface area contributed by atoms with E-state index in [2.05, 4.69) is 14.5 Å². The van der Waals surface area contributed by atoms with Crippen molar-refractivity contribution in [2.24, 2.45) is 0 Å². The maximum Gasteiger partial charge on any atom is 0.337 e. The maximum atomic E-state index is 11.5. The molecule has 0 saturated heterocycles. The van der Waals surface area contributed by atoms with Gasteiger partial charge >= 0.3 is 5.97 Å². The fourth-order valence-corrected chi connectivity index (χ4v) is 2.47. The largest absolute Gasteiger partial charge is 0.465 e. The van der Waals surface area contributed by atoms with Crippen LogP contribution in [0.4, 0.5) is 11.4 Å². The second-order valence-corrected chi connectivity index (χ2v) is 4.72. The number of hydrogen-bond donors (Lipinski definition) is 1. The van der Waals surface area contributed by atoms with E-state index in [4.69, 9.17) is 10.5 Å². The SMILES string of the molecule is COC(=O)c1ccc(N2CCn3ccnc3C2)c(N)c1. The summed E-state index contributed by atoms with van der Waals surface area (Å²) < 4.78 is 6.83. The van der Waals surface area contributed by atoms with Crippen molar-refractivity contribution >= 4 is 17.3 Å². The van der Waals surface area contributed by atoms with Crippen LogP contribution in [0.2, 0.25) is 0 Å². The molecule has 0 amide bonds. The van der Waals surface area contributed by atoms with E-state index in [-0.39, 0.29) is 5.97 Å². The van der Waals surface area contributed by atoms with Gasteiger partial charge in [0, 0.05) is 25.5 Å². The monoisotopic (exact) mass is 272 g/mol. The zero-order valence-corrected chi connectivity index (χ0v) is 11.2. The molecule has 2 heterocycles. The van der Waals surface area contributed by atoms with Crippen LogP contribution in [-0.2, 0) is 17.8 Å². The number of carbonyl (C=O) groups is 1. The van der Waals surface area contributed by atoms with Crippen molar-refractivity contribution in [3.8, 4) is 0 Å². The van der Waals surface area contributed by atoms with Crippen LogP contribution < -0.4 is 10.6 Å². The van der Waals surface area contributed by atoms with Crippen molar-refractivity contribution in [3.05, 3.63) is 42.0 Å². The van der Waals surface area contributed by atoms with E-state index in [1.165, 1.54) is 7.11 Å². The first-order chi connectivity index (χ1) is 9.69. The number of nitrogen functional groups attached to an aromatic ring is 1. The Kier molecular flexibility index (Phi) is 3.06. The molecule has 0 atom stereocenters. The highest BCUT2D eigenvalue weighted by molar-refractivity contribution is 5.91. The van der Waals surface area contributed by atoms with Crippen LogP contribution in [0.1, 0.15) is 16.2 Å². The van der Waals surface area contributed by atoms with Gasteiger partial charge < -0.3 is 19.9 Å². The first-order valence-electron chi connectivity index (χ1n) is 6.42. The summed E-state index contributed by atoms with van der Waals surface area (Å²) in [6.45, 7) is 2.47. The number of methoxy groups -OCH3 is 1. The maximum absolute atomic E-state index is 11.5. The molecule has 1 aromatic carbocycles. The van der Waals surface area contributed by atoms with Gasteiger partial charge in [-0.1, -0.05) is 0 Å². The number of fused-ring (bicyclic) bond motifs is 1. The van der Waals surface area contributed by atoms with Crippen LogP contribution in [0.3, 0.4) is 0 Å². The quantitative estimate of drug-likeness (QED) is 0.658. The third kappa shape index (κ3) is 2.09. The minimum absolute atomic E-state index is 0.377. The van der Waals surface area contributed by atoms with Crippen LogP contribution in [0.25, 0.3) is 0 Å². The van der Waals surface area contributed by atoms with Gasteiger partial charge in [-0.3, -0.25) is 0 Å². The molecule has 104 valence electrons. The van der Waals surface area contributed by atoms with Crippen molar-refractivity contribution in [3.63, 3.8) is 0 Å². The summed E-state index contributed by atoms with van der Waals surface area (Å²) in [4.78, 5) is 18.0. The van der Waals surface area contributed by atoms with Crippen molar-refractivity contribution < 1.29 is 9.53 Å². The number of carbonyl (C=O) groups excluding carboxylic acids is 1. The van der Waals surface area contributed by atoms with Gasteiger partial charge in [0.25, 0.3) is 0 Å². The van der Waals surface area contributed by atoms with Gasteiger partial charge in [0.2, 0.25) is 0 Å². The van der Waals surface area contributed by atoms with Crippen molar-refractivity contribution in [1.29, 1.82) is 0 Å². The Balaban J connectivity index is 1.87. The molecule has 0 unspecified atom stereocenters. The number of hydrogen-bond acceptors (Lipinski definition) is 5. The molecule has 0 bridgehead atoms. The van der Waals surface area contributed by atoms with E-state index < -0.39 is 0 Å². The number of ether oxygens (including phenoxy) is 1.